The zero-order valence-corrected chi connectivity index (χ0v) is 11.9. The van der Waals surface area contributed by atoms with Crippen LogP contribution in [0.25, 0.3) is 0 Å². The Hall–Kier alpha value is -2.15. The molecule has 2 rings (SSSR count). The maximum Gasteiger partial charge on any atom is 0.320 e. The van der Waals surface area contributed by atoms with Gasteiger partial charge in [0.15, 0.2) is 0 Å². The number of nitrogens with zero attached hydrogens (tertiary/aromatic N) is 3. The first-order valence-electron chi connectivity index (χ1n) is 6.78. The lowest BCUT2D eigenvalue weighted by Gasteiger charge is -2.34. The fourth-order valence-electron chi connectivity index (χ4n) is 2.28. The topological polar surface area (TPSA) is 83.0 Å². The van der Waals surface area contributed by atoms with Crippen molar-refractivity contribution in [1.82, 2.24) is 14.8 Å². The zero-order valence-electron chi connectivity index (χ0n) is 11.9. The number of ether oxygens (including phenoxy) is 1. The first-order chi connectivity index (χ1) is 10.1. The molecule has 1 atom stereocenters. The van der Waals surface area contributed by atoms with Crippen LogP contribution in [0.3, 0.4) is 0 Å². The summed E-state index contributed by atoms with van der Waals surface area (Å²) in [6.07, 6.45) is 2.85. The highest BCUT2D eigenvalue weighted by Gasteiger charge is 2.27. The fraction of sp³-hybridized carbons (Fsp3) is 0.500. The van der Waals surface area contributed by atoms with Crippen molar-refractivity contribution >= 4 is 12.0 Å². The Balaban J connectivity index is 1.91. The summed E-state index contributed by atoms with van der Waals surface area (Å²) >= 11 is 0. The highest BCUT2D eigenvalue weighted by Crippen LogP contribution is 2.12. The molecule has 1 fully saturated rings. The minimum absolute atomic E-state index is 0.0855. The molecule has 1 aliphatic rings. The monoisotopic (exact) mass is 293 g/mol. The van der Waals surface area contributed by atoms with E-state index < -0.39 is 12.1 Å². The summed E-state index contributed by atoms with van der Waals surface area (Å²) in [6, 6.07) is 3.60. The van der Waals surface area contributed by atoms with Gasteiger partial charge in [-0.15, -0.1) is 0 Å². The van der Waals surface area contributed by atoms with Gasteiger partial charge in [-0.2, -0.15) is 0 Å². The molecule has 1 N–H and O–H groups in total. The summed E-state index contributed by atoms with van der Waals surface area (Å²) in [4.78, 5) is 30.3. The number of aliphatic carboxylic acids is 1. The molecule has 7 heteroatoms. The van der Waals surface area contributed by atoms with Gasteiger partial charge < -0.3 is 19.6 Å². The quantitative estimate of drug-likeness (QED) is 0.888. The van der Waals surface area contributed by atoms with Gasteiger partial charge in [-0.3, -0.25) is 9.78 Å². The summed E-state index contributed by atoms with van der Waals surface area (Å²) in [6.45, 7) is 1.65. The molecule has 114 valence electrons. The van der Waals surface area contributed by atoms with Crippen molar-refractivity contribution in [3.63, 3.8) is 0 Å². The van der Waals surface area contributed by atoms with E-state index >= 15 is 0 Å². The second kappa shape index (κ2) is 7.03. The highest BCUT2D eigenvalue weighted by atomic mass is 16.5. The van der Waals surface area contributed by atoms with E-state index in [1.807, 2.05) is 12.1 Å². The summed E-state index contributed by atoms with van der Waals surface area (Å²) in [5.41, 5.74) is 0.996. The van der Waals surface area contributed by atoms with Crippen molar-refractivity contribution in [2.45, 2.75) is 19.1 Å². The lowest BCUT2D eigenvalue weighted by atomic mass is 10.2. The van der Waals surface area contributed by atoms with E-state index in [2.05, 4.69) is 4.98 Å². The highest BCUT2D eigenvalue weighted by molar-refractivity contribution is 5.74. The van der Waals surface area contributed by atoms with E-state index in [9.17, 15) is 9.59 Å². The fourth-order valence-corrected chi connectivity index (χ4v) is 2.28. The third kappa shape index (κ3) is 4.42. The van der Waals surface area contributed by atoms with Gasteiger partial charge in [0.05, 0.1) is 19.1 Å². The number of hydrogen-bond acceptors (Lipinski definition) is 4. The Kier molecular flexibility index (Phi) is 5.10. The van der Waals surface area contributed by atoms with Gasteiger partial charge in [0, 0.05) is 39.1 Å². The van der Waals surface area contributed by atoms with Crippen LogP contribution in [0.2, 0.25) is 0 Å². The van der Waals surface area contributed by atoms with Crippen LogP contribution in [0.5, 0.6) is 0 Å². The smallest absolute Gasteiger partial charge is 0.320 e. The van der Waals surface area contributed by atoms with Crippen LogP contribution >= 0.6 is 0 Å². The molecule has 2 heterocycles. The summed E-state index contributed by atoms with van der Waals surface area (Å²) in [5, 5.41) is 8.79. The van der Waals surface area contributed by atoms with E-state index in [1.54, 1.807) is 29.2 Å². The predicted molar refractivity (Wildman–Crippen MR) is 74.7 cm³/mol. The normalized spacial score (nSPS) is 18.3. The lowest BCUT2D eigenvalue weighted by molar-refractivity contribution is -0.141. The number of hydrogen-bond donors (Lipinski definition) is 1. The van der Waals surface area contributed by atoms with Gasteiger partial charge in [0.25, 0.3) is 0 Å². The largest absolute Gasteiger partial charge is 0.481 e. The molecular weight excluding hydrogens is 274 g/mol. The molecule has 0 bridgehead atoms. The maximum absolute atomic E-state index is 12.4. The first-order valence-corrected chi connectivity index (χ1v) is 6.78. The summed E-state index contributed by atoms with van der Waals surface area (Å²) in [5.74, 6) is -0.917. The predicted octanol–water partition coefficient (Wildman–Crippen LogP) is 0.809. The molecule has 1 saturated heterocycles. The Morgan fingerprint density at radius 3 is 2.86 bits per heavy atom. The third-order valence-electron chi connectivity index (χ3n) is 3.31. The Labute approximate surface area is 123 Å². The summed E-state index contributed by atoms with van der Waals surface area (Å²) < 4.78 is 5.37. The van der Waals surface area contributed by atoms with Gasteiger partial charge in [0.1, 0.15) is 0 Å². The first kappa shape index (κ1) is 15.2. The van der Waals surface area contributed by atoms with Gasteiger partial charge in [0.2, 0.25) is 0 Å². The number of carboxylic acids is 1. The van der Waals surface area contributed by atoms with Gasteiger partial charge in [-0.1, -0.05) is 0 Å². The van der Waals surface area contributed by atoms with Gasteiger partial charge in [-0.25, -0.2) is 4.79 Å². The van der Waals surface area contributed by atoms with Crippen LogP contribution in [-0.4, -0.2) is 64.7 Å². The molecular formula is C14H19N3O4. The zero-order chi connectivity index (χ0) is 15.2. The summed E-state index contributed by atoms with van der Waals surface area (Å²) in [7, 11) is 1.73. The number of carbonyl (C=O) groups is 2. The number of carboxylic acid groups (broad SMARTS) is 1. The molecule has 1 aromatic heterocycles. The molecule has 0 aromatic carbocycles. The molecule has 7 nitrogen and oxygen atoms in total. The molecule has 1 aliphatic heterocycles. The lowest BCUT2D eigenvalue weighted by Crippen LogP contribution is -2.50. The van der Waals surface area contributed by atoms with Crippen LogP contribution in [0.15, 0.2) is 24.5 Å². The molecule has 0 radical (unpaired) electrons. The van der Waals surface area contributed by atoms with E-state index in [0.717, 1.165) is 5.56 Å². The molecule has 21 heavy (non-hydrogen) atoms. The Morgan fingerprint density at radius 2 is 2.19 bits per heavy atom. The maximum atomic E-state index is 12.4. The SMILES string of the molecule is CN(Cc1ccncc1)C(=O)N1CCOC(CC(=O)O)C1. The van der Waals surface area contributed by atoms with Gasteiger partial charge >= 0.3 is 12.0 Å². The van der Waals surface area contributed by atoms with Crippen LogP contribution in [0.1, 0.15) is 12.0 Å². The second-order valence-corrected chi connectivity index (χ2v) is 5.03. The molecule has 0 spiro atoms. The third-order valence-corrected chi connectivity index (χ3v) is 3.31. The molecule has 2 amide bonds. The number of morpholine rings is 1. The molecule has 0 saturated carbocycles. The Morgan fingerprint density at radius 1 is 1.48 bits per heavy atom. The van der Waals surface area contributed by atoms with E-state index in [4.69, 9.17) is 9.84 Å². The number of aromatic nitrogens is 1. The Bertz CT molecular complexity index is 494. The average Bonchev–Trinajstić information content (AvgIpc) is 2.47. The van der Waals surface area contributed by atoms with Crippen LogP contribution in [0, 0.1) is 0 Å². The number of pyridine rings is 1. The van der Waals surface area contributed by atoms with Crippen molar-refractivity contribution in [1.29, 1.82) is 0 Å². The van der Waals surface area contributed by atoms with Crippen LogP contribution in [0.4, 0.5) is 4.79 Å². The molecule has 1 aromatic rings. The molecule has 1 unspecified atom stereocenters. The van der Waals surface area contributed by atoms with E-state index in [0.29, 0.717) is 26.2 Å². The van der Waals surface area contributed by atoms with Crippen molar-refractivity contribution in [2.75, 3.05) is 26.7 Å². The van der Waals surface area contributed by atoms with Crippen LogP contribution in [-0.2, 0) is 16.1 Å². The number of amides is 2. The van der Waals surface area contributed by atoms with Crippen molar-refractivity contribution in [3.05, 3.63) is 30.1 Å². The number of urea groups is 1. The number of carbonyl (C=O) groups excluding carboxylic acids is 1. The average molecular weight is 293 g/mol. The minimum atomic E-state index is -0.917. The van der Waals surface area contributed by atoms with E-state index in [1.165, 1.54) is 0 Å². The van der Waals surface area contributed by atoms with Gasteiger partial charge in [-0.05, 0) is 17.7 Å². The number of rotatable bonds is 4. The van der Waals surface area contributed by atoms with Crippen molar-refractivity contribution in [3.8, 4) is 0 Å². The van der Waals surface area contributed by atoms with Crippen molar-refractivity contribution in [2.24, 2.45) is 0 Å². The molecule has 0 aliphatic carbocycles. The standard InChI is InChI=1S/C14H19N3O4/c1-16(9-11-2-4-15-5-3-11)14(20)17-6-7-21-12(10-17)8-13(18)19/h2-5,12H,6-10H2,1H3,(H,18,19). The van der Waals surface area contributed by atoms with E-state index in [-0.39, 0.29) is 12.5 Å². The second-order valence-electron chi connectivity index (χ2n) is 5.03. The minimum Gasteiger partial charge on any atom is -0.481 e. The van der Waals surface area contributed by atoms with Crippen LogP contribution < -0.4 is 0 Å². The van der Waals surface area contributed by atoms with Crippen molar-refractivity contribution < 1.29 is 19.4 Å².